The topological polar surface area (TPSA) is 76.2 Å². The summed E-state index contributed by atoms with van der Waals surface area (Å²) in [6.45, 7) is 0.678. The zero-order valence-electron chi connectivity index (χ0n) is 16.4. The second-order valence-electron chi connectivity index (χ2n) is 7.27. The summed E-state index contributed by atoms with van der Waals surface area (Å²) in [6, 6.07) is 21.4. The number of fused-ring (bicyclic) bond motifs is 2. The molecule has 5 rings (SSSR count). The molecule has 1 aliphatic rings. The molecule has 1 aliphatic heterocycles. The summed E-state index contributed by atoms with van der Waals surface area (Å²) < 4.78 is 10.7. The van der Waals surface area contributed by atoms with E-state index in [4.69, 9.17) is 9.47 Å². The molecule has 0 bridgehead atoms. The van der Waals surface area contributed by atoms with Crippen molar-refractivity contribution in [3.63, 3.8) is 0 Å². The third kappa shape index (κ3) is 3.85. The van der Waals surface area contributed by atoms with E-state index in [1.54, 1.807) is 0 Å². The Kier molecular flexibility index (Phi) is 4.81. The third-order valence-corrected chi connectivity index (χ3v) is 5.20. The number of amides is 1. The number of nitrogens with one attached hydrogen (secondary N) is 2. The van der Waals surface area contributed by atoms with Crippen molar-refractivity contribution in [3.05, 3.63) is 89.2 Å². The largest absolute Gasteiger partial charge is 0.454 e. The first kappa shape index (κ1) is 18.2. The Labute approximate surface area is 173 Å². The Balaban J connectivity index is 1.16. The number of aryl methyl sites for hydroxylation is 2. The lowest BCUT2D eigenvalue weighted by Gasteiger charge is -2.07. The summed E-state index contributed by atoms with van der Waals surface area (Å²) in [5, 5.41) is 2.95. The molecule has 0 fully saturated rings. The quantitative estimate of drug-likeness (QED) is 0.514. The predicted octanol–water partition coefficient (Wildman–Crippen LogP) is 4.01. The van der Waals surface area contributed by atoms with E-state index in [0.29, 0.717) is 12.1 Å². The van der Waals surface area contributed by atoms with Gasteiger partial charge in [-0.05, 0) is 53.9 Å². The number of benzene rings is 3. The molecule has 0 saturated heterocycles. The van der Waals surface area contributed by atoms with Gasteiger partial charge in [-0.2, -0.15) is 0 Å². The summed E-state index contributed by atoms with van der Waals surface area (Å²) in [4.78, 5) is 20.4. The Bertz CT molecular complexity index is 1170. The zero-order valence-corrected chi connectivity index (χ0v) is 16.4. The first-order valence-electron chi connectivity index (χ1n) is 9.94. The zero-order chi connectivity index (χ0) is 20.3. The minimum absolute atomic E-state index is 0.100. The van der Waals surface area contributed by atoms with Crippen LogP contribution in [0.5, 0.6) is 11.5 Å². The highest BCUT2D eigenvalue weighted by molar-refractivity contribution is 5.94. The van der Waals surface area contributed by atoms with E-state index >= 15 is 0 Å². The number of nitrogens with zero attached hydrogens (tertiary/aromatic N) is 1. The van der Waals surface area contributed by atoms with E-state index in [1.807, 2.05) is 66.7 Å². The average molecular weight is 399 g/mol. The molecule has 0 unspecified atom stereocenters. The van der Waals surface area contributed by atoms with Crippen molar-refractivity contribution in [2.45, 2.75) is 19.4 Å². The van der Waals surface area contributed by atoms with Crippen molar-refractivity contribution >= 4 is 16.9 Å². The molecule has 0 aliphatic carbocycles. The number of hydrogen-bond acceptors (Lipinski definition) is 4. The smallest absolute Gasteiger partial charge is 0.251 e. The van der Waals surface area contributed by atoms with Crippen LogP contribution in [0.25, 0.3) is 11.0 Å². The molecule has 0 radical (unpaired) electrons. The number of H-pyrrole nitrogens is 1. The monoisotopic (exact) mass is 399 g/mol. The van der Waals surface area contributed by atoms with Gasteiger partial charge in [-0.25, -0.2) is 4.98 Å². The number of carbonyl (C=O) groups is 1. The van der Waals surface area contributed by atoms with Crippen molar-refractivity contribution in [3.8, 4) is 11.5 Å². The van der Waals surface area contributed by atoms with Gasteiger partial charge >= 0.3 is 0 Å². The summed E-state index contributed by atoms with van der Waals surface area (Å²) in [5.41, 5.74) is 4.82. The molecule has 0 atom stereocenters. The van der Waals surface area contributed by atoms with Crippen molar-refractivity contribution in [2.24, 2.45) is 0 Å². The predicted molar refractivity (Wildman–Crippen MR) is 114 cm³/mol. The second kappa shape index (κ2) is 7.91. The van der Waals surface area contributed by atoms with Gasteiger partial charge in [-0.1, -0.05) is 30.3 Å². The van der Waals surface area contributed by atoms with E-state index in [2.05, 4.69) is 15.3 Å². The number of ether oxygens (including phenoxy) is 2. The average Bonchev–Trinajstić information content (AvgIpc) is 3.42. The van der Waals surface area contributed by atoms with Crippen LogP contribution in [0.15, 0.2) is 66.7 Å². The highest BCUT2D eigenvalue weighted by Crippen LogP contribution is 2.32. The van der Waals surface area contributed by atoms with Gasteiger partial charge in [-0.15, -0.1) is 0 Å². The number of imidazole rings is 1. The molecule has 6 heteroatoms. The molecule has 6 nitrogen and oxygen atoms in total. The van der Waals surface area contributed by atoms with Crippen LogP contribution in [0.1, 0.15) is 27.3 Å². The lowest BCUT2D eigenvalue weighted by Crippen LogP contribution is -2.22. The molecule has 3 aromatic carbocycles. The van der Waals surface area contributed by atoms with Crippen LogP contribution in [-0.2, 0) is 19.4 Å². The van der Waals surface area contributed by atoms with Crippen LogP contribution in [0, 0.1) is 0 Å². The molecule has 1 aromatic heterocycles. The van der Waals surface area contributed by atoms with Crippen LogP contribution in [-0.4, -0.2) is 22.7 Å². The molecular formula is C24H21N3O3. The lowest BCUT2D eigenvalue weighted by molar-refractivity contribution is 0.0951. The van der Waals surface area contributed by atoms with Gasteiger partial charge in [0.05, 0.1) is 11.0 Å². The highest BCUT2D eigenvalue weighted by Gasteiger charge is 2.13. The van der Waals surface area contributed by atoms with Crippen LogP contribution in [0.2, 0.25) is 0 Å². The molecule has 150 valence electrons. The van der Waals surface area contributed by atoms with Gasteiger partial charge in [0.2, 0.25) is 6.79 Å². The number of rotatable bonds is 6. The van der Waals surface area contributed by atoms with Crippen LogP contribution in [0.3, 0.4) is 0 Å². The summed E-state index contributed by atoms with van der Waals surface area (Å²) in [6.07, 6.45) is 1.68. The molecule has 1 amide bonds. The molecule has 2 N–H and O–H groups in total. The van der Waals surface area contributed by atoms with Crippen molar-refractivity contribution in [1.82, 2.24) is 15.3 Å². The second-order valence-corrected chi connectivity index (χ2v) is 7.27. The standard InChI is InChI=1S/C24H21N3O3/c28-24(25-14-17-7-11-21-22(13-17)30-15-29-21)18-9-5-16(6-10-18)8-12-23-26-19-3-1-2-4-20(19)27-23/h1-7,9-11,13H,8,12,14-15H2,(H,25,28)(H,26,27). The molecule has 4 aromatic rings. The minimum Gasteiger partial charge on any atom is -0.454 e. The number of carbonyl (C=O) groups excluding carboxylic acids is 1. The third-order valence-electron chi connectivity index (χ3n) is 5.20. The maximum absolute atomic E-state index is 12.5. The van der Waals surface area contributed by atoms with Gasteiger partial charge in [-0.3, -0.25) is 4.79 Å². The minimum atomic E-state index is -0.100. The Morgan fingerprint density at radius 2 is 1.73 bits per heavy atom. The fourth-order valence-corrected chi connectivity index (χ4v) is 3.54. The van der Waals surface area contributed by atoms with Crippen LogP contribution in [0.4, 0.5) is 0 Å². The van der Waals surface area contributed by atoms with E-state index in [0.717, 1.165) is 46.8 Å². The van der Waals surface area contributed by atoms with Crippen molar-refractivity contribution < 1.29 is 14.3 Å². The first-order valence-corrected chi connectivity index (χ1v) is 9.94. The van der Waals surface area contributed by atoms with Gasteiger partial charge in [0.15, 0.2) is 11.5 Å². The van der Waals surface area contributed by atoms with Gasteiger partial charge < -0.3 is 19.8 Å². The van der Waals surface area contributed by atoms with Gasteiger partial charge in [0, 0.05) is 18.5 Å². The number of aromatic nitrogens is 2. The van der Waals surface area contributed by atoms with E-state index in [-0.39, 0.29) is 12.7 Å². The van der Waals surface area contributed by atoms with E-state index < -0.39 is 0 Å². The van der Waals surface area contributed by atoms with E-state index in [1.165, 1.54) is 5.56 Å². The Morgan fingerprint density at radius 1 is 0.933 bits per heavy atom. The SMILES string of the molecule is O=C(NCc1ccc2c(c1)OCO2)c1ccc(CCc2nc3ccccc3[nH]2)cc1. The normalized spacial score (nSPS) is 12.3. The summed E-state index contributed by atoms with van der Waals surface area (Å²) in [7, 11) is 0. The number of aromatic amines is 1. The number of para-hydroxylation sites is 2. The van der Waals surface area contributed by atoms with Crippen molar-refractivity contribution in [2.75, 3.05) is 6.79 Å². The Hall–Kier alpha value is -3.80. The molecule has 0 saturated carbocycles. The first-order chi connectivity index (χ1) is 14.7. The number of hydrogen-bond donors (Lipinski definition) is 2. The summed E-state index contributed by atoms with van der Waals surface area (Å²) in [5.74, 6) is 2.33. The van der Waals surface area contributed by atoms with Crippen molar-refractivity contribution in [1.29, 1.82) is 0 Å². The van der Waals surface area contributed by atoms with E-state index in [9.17, 15) is 4.79 Å². The fraction of sp³-hybridized carbons (Fsp3) is 0.167. The molecule has 2 heterocycles. The maximum atomic E-state index is 12.5. The molecule has 0 spiro atoms. The Morgan fingerprint density at radius 3 is 2.60 bits per heavy atom. The van der Waals surface area contributed by atoms with Gasteiger partial charge in [0.1, 0.15) is 5.82 Å². The lowest BCUT2D eigenvalue weighted by atomic mass is 10.1. The van der Waals surface area contributed by atoms with Gasteiger partial charge in [0.25, 0.3) is 5.91 Å². The molecule has 30 heavy (non-hydrogen) atoms. The fourth-order valence-electron chi connectivity index (χ4n) is 3.54. The highest BCUT2D eigenvalue weighted by atomic mass is 16.7. The van der Waals surface area contributed by atoms with Crippen LogP contribution >= 0.6 is 0 Å². The molecular weight excluding hydrogens is 378 g/mol. The van der Waals surface area contributed by atoms with Crippen LogP contribution < -0.4 is 14.8 Å². The maximum Gasteiger partial charge on any atom is 0.251 e. The summed E-state index contributed by atoms with van der Waals surface area (Å²) >= 11 is 0.